The predicted molar refractivity (Wildman–Crippen MR) is 59.9 cm³/mol. The molecule has 3 N–H and O–H groups in total. The molecular weight excluding hydrogens is 230 g/mol. The second-order valence-electron chi connectivity index (χ2n) is 4.31. The molecule has 16 heavy (non-hydrogen) atoms. The van der Waals surface area contributed by atoms with Crippen molar-refractivity contribution in [2.24, 2.45) is 11.8 Å². The van der Waals surface area contributed by atoms with E-state index in [2.05, 4.69) is 0 Å². The van der Waals surface area contributed by atoms with Crippen molar-refractivity contribution < 1.29 is 24.2 Å². The highest BCUT2D eigenvalue weighted by Gasteiger charge is 2.41. The third kappa shape index (κ3) is 3.44. The van der Waals surface area contributed by atoms with Crippen LogP contribution in [0.4, 0.5) is 0 Å². The molecule has 0 spiro atoms. The van der Waals surface area contributed by atoms with Gasteiger partial charge >= 0.3 is 7.60 Å². The Morgan fingerprint density at radius 1 is 1.44 bits per heavy atom. The molecule has 0 aromatic heterocycles. The molecule has 4 atom stereocenters. The maximum absolute atomic E-state index is 10.7. The molecule has 2 radical (unpaired) electrons. The highest BCUT2D eigenvalue weighted by molar-refractivity contribution is 7.55. The molecule has 1 rings (SSSR count). The van der Waals surface area contributed by atoms with Crippen molar-refractivity contribution >= 4 is 15.4 Å². The molecule has 1 aliphatic rings. The predicted octanol–water partition coefficient (Wildman–Crippen LogP) is 0.204. The summed E-state index contributed by atoms with van der Waals surface area (Å²) in [6.07, 6.45) is -0.0920. The molecule has 1 aliphatic heterocycles. The Hall–Kier alpha value is -0.125. The summed E-state index contributed by atoms with van der Waals surface area (Å²) in [6, 6.07) is -0.807. The van der Waals surface area contributed by atoms with Crippen LogP contribution in [0.2, 0.25) is 0 Å². The van der Waals surface area contributed by atoms with E-state index in [0.717, 1.165) is 5.82 Å². The van der Waals surface area contributed by atoms with Gasteiger partial charge in [-0.1, -0.05) is 13.8 Å². The van der Waals surface area contributed by atoms with Gasteiger partial charge in [-0.15, -0.1) is 0 Å². The first-order chi connectivity index (χ1) is 7.22. The van der Waals surface area contributed by atoms with Crippen LogP contribution < -0.4 is 0 Å². The van der Waals surface area contributed by atoms with E-state index in [-0.39, 0.29) is 11.8 Å². The fraction of sp³-hybridized carbons (Fsp3) is 0.778. The van der Waals surface area contributed by atoms with Crippen LogP contribution in [0.25, 0.3) is 0 Å². The van der Waals surface area contributed by atoms with Gasteiger partial charge in [-0.25, -0.2) is 0 Å². The summed E-state index contributed by atoms with van der Waals surface area (Å²) in [7, 11) is 1.34. The van der Waals surface area contributed by atoms with Crippen molar-refractivity contribution in [2.45, 2.75) is 32.1 Å². The summed E-state index contributed by atoms with van der Waals surface area (Å²) in [4.78, 5) is 17.4. The van der Waals surface area contributed by atoms with Gasteiger partial charge in [-0.3, -0.25) is 4.57 Å². The SMILES string of the molecule is [B][C@@H]1O[C@H](/C=C/P(=O)(O)O)C(C(C)C)[C@@H]1O. The van der Waals surface area contributed by atoms with Crippen LogP contribution in [0, 0.1) is 11.8 Å². The van der Waals surface area contributed by atoms with Crippen LogP contribution in [0.1, 0.15) is 13.8 Å². The standard InChI is InChI=1S/C9H16BO5P/c1-5(2)7-6(3-4-16(12,13)14)15-9(10)8(7)11/h3-9,11H,1-2H3,(H2,12,13,14)/b4-3+/t6-,7?,8+,9-/m1/s1. The lowest BCUT2D eigenvalue weighted by molar-refractivity contribution is 0.0769. The molecule has 1 heterocycles. The number of ether oxygens (including phenoxy) is 1. The Bertz CT molecular complexity index is 313. The maximum Gasteiger partial charge on any atom is 0.348 e. The third-order valence-corrected chi connectivity index (χ3v) is 3.22. The molecule has 0 aromatic carbocycles. The van der Waals surface area contributed by atoms with Crippen LogP contribution in [0.3, 0.4) is 0 Å². The van der Waals surface area contributed by atoms with Gasteiger partial charge in [-0.05, 0) is 12.0 Å². The molecule has 0 aromatic rings. The molecule has 0 aliphatic carbocycles. The fourth-order valence-electron chi connectivity index (χ4n) is 1.91. The van der Waals surface area contributed by atoms with E-state index in [1.165, 1.54) is 6.08 Å². The minimum Gasteiger partial charge on any atom is -0.391 e. The molecule has 5 nitrogen and oxygen atoms in total. The zero-order valence-electron chi connectivity index (χ0n) is 9.22. The van der Waals surface area contributed by atoms with E-state index in [1.807, 2.05) is 13.8 Å². The fourth-order valence-corrected chi connectivity index (χ4v) is 2.30. The first kappa shape index (κ1) is 13.9. The molecule has 1 saturated heterocycles. The van der Waals surface area contributed by atoms with Crippen molar-refractivity contribution in [3.05, 3.63) is 11.9 Å². The summed E-state index contributed by atoms with van der Waals surface area (Å²) >= 11 is 0. The van der Waals surface area contributed by atoms with Gasteiger partial charge in [0.2, 0.25) is 0 Å². The van der Waals surface area contributed by atoms with E-state index in [0.29, 0.717) is 0 Å². The van der Waals surface area contributed by atoms with Crippen LogP contribution in [0.5, 0.6) is 0 Å². The second kappa shape index (κ2) is 5.02. The molecule has 90 valence electrons. The van der Waals surface area contributed by atoms with E-state index in [1.54, 1.807) is 0 Å². The highest BCUT2D eigenvalue weighted by Crippen LogP contribution is 2.39. The van der Waals surface area contributed by atoms with Gasteiger partial charge in [0.05, 0.1) is 12.2 Å². The van der Waals surface area contributed by atoms with Crippen LogP contribution >= 0.6 is 7.60 Å². The Morgan fingerprint density at radius 3 is 2.44 bits per heavy atom. The number of hydrogen-bond acceptors (Lipinski definition) is 3. The normalized spacial score (nSPS) is 36.4. The van der Waals surface area contributed by atoms with Crippen LogP contribution in [0.15, 0.2) is 11.9 Å². The Morgan fingerprint density at radius 2 is 2.00 bits per heavy atom. The number of rotatable bonds is 3. The zero-order valence-corrected chi connectivity index (χ0v) is 10.1. The first-order valence-corrected chi connectivity index (χ1v) is 6.74. The summed E-state index contributed by atoms with van der Waals surface area (Å²) < 4.78 is 15.9. The second-order valence-corrected chi connectivity index (χ2v) is 5.78. The molecule has 0 bridgehead atoms. The van der Waals surface area contributed by atoms with Gasteiger partial charge in [0, 0.05) is 17.7 Å². The topological polar surface area (TPSA) is 87.0 Å². The summed E-state index contributed by atoms with van der Waals surface area (Å²) in [5.74, 6) is 0.644. The quantitative estimate of drug-likeness (QED) is 0.489. The average molecular weight is 246 g/mol. The largest absolute Gasteiger partial charge is 0.391 e. The maximum atomic E-state index is 10.7. The molecule has 7 heteroatoms. The number of hydrogen-bond donors (Lipinski definition) is 3. The Kier molecular flexibility index (Phi) is 4.38. The summed E-state index contributed by atoms with van der Waals surface area (Å²) in [5, 5.41) is 9.75. The number of aliphatic hydroxyl groups is 1. The van der Waals surface area contributed by atoms with Crippen LogP contribution in [-0.2, 0) is 9.30 Å². The van der Waals surface area contributed by atoms with Gasteiger partial charge in [-0.2, -0.15) is 0 Å². The van der Waals surface area contributed by atoms with Gasteiger partial charge in [0.25, 0.3) is 0 Å². The summed E-state index contributed by atoms with van der Waals surface area (Å²) in [5.41, 5.74) is 0. The molecule has 1 unspecified atom stereocenters. The smallest absolute Gasteiger partial charge is 0.348 e. The third-order valence-electron chi connectivity index (χ3n) is 2.66. The van der Waals surface area contributed by atoms with E-state index < -0.39 is 25.8 Å². The molecule has 0 saturated carbocycles. The lowest BCUT2D eigenvalue weighted by Gasteiger charge is -2.21. The highest BCUT2D eigenvalue weighted by atomic mass is 31.2. The monoisotopic (exact) mass is 246 g/mol. The minimum atomic E-state index is -4.20. The molecule has 0 amide bonds. The first-order valence-electron chi connectivity index (χ1n) is 5.06. The Labute approximate surface area is 96.1 Å². The van der Waals surface area contributed by atoms with E-state index >= 15 is 0 Å². The van der Waals surface area contributed by atoms with Gasteiger partial charge in [0.1, 0.15) is 7.85 Å². The van der Waals surface area contributed by atoms with Gasteiger partial charge in [0.15, 0.2) is 0 Å². The lowest BCUT2D eigenvalue weighted by Crippen LogP contribution is -2.31. The average Bonchev–Trinajstić information content (AvgIpc) is 2.38. The Balaban J connectivity index is 2.80. The molecule has 1 fully saturated rings. The van der Waals surface area contributed by atoms with Crippen molar-refractivity contribution in [3.63, 3.8) is 0 Å². The number of aliphatic hydroxyl groups excluding tert-OH is 1. The van der Waals surface area contributed by atoms with E-state index in [4.69, 9.17) is 22.4 Å². The van der Waals surface area contributed by atoms with Crippen molar-refractivity contribution in [3.8, 4) is 0 Å². The lowest BCUT2D eigenvalue weighted by atomic mass is 9.81. The van der Waals surface area contributed by atoms with Crippen molar-refractivity contribution in [1.29, 1.82) is 0 Å². The van der Waals surface area contributed by atoms with E-state index in [9.17, 15) is 9.67 Å². The van der Waals surface area contributed by atoms with Gasteiger partial charge < -0.3 is 19.6 Å². The van der Waals surface area contributed by atoms with Crippen molar-refractivity contribution in [2.75, 3.05) is 0 Å². The van der Waals surface area contributed by atoms with Crippen LogP contribution in [-0.4, -0.2) is 41.0 Å². The zero-order chi connectivity index (χ0) is 12.5. The summed E-state index contributed by atoms with van der Waals surface area (Å²) in [6.45, 7) is 3.79. The molecular formula is C9H16BO5P. The minimum absolute atomic E-state index is 0.106. The van der Waals surface area contributed by atoms with Crippen molar-refractivity contribution in [1.82, 2.24) is 0 Å².